The van der Waals surface area contributed by atoms with Crippen LogP contribution in [0, 0.1) is 6.92 Å². The second-order valence-corrected chi connectivity index (χ2v) is 10.7. The molecule has 2 aliphatic rings. The van der Waals surface area contributed by atoms with Gasteiger partial charge in [-0.15, -0.1) is 0 Å². The fourth-order valence-electron chi connectivity index (χ4n) is 4.73. The Labute approximate surface area is 227 Å². The molecule has 7 nitrogen and oxygen atoms in total. The fourth-order valence-corrected chi connectivity index (χ4v) is 5.41. The molecular weight excluding hydrogens is 538 g/mol. The highest BCUT2D eigenvalue weighted by Gasteiger charge is 2.43. The SMILES string of the molecule is CCN1CCN(CCCN2C(=S)N(c3ccc(C)cc3)C(=O)[C@@H]2CC(=O)Nc2ccc(Br)cc2)CC1. The molecule has 2 heterocycles. The molecule has 192 valence electrons. The fraction of sp³-hybridized carbons (Fsp3) is 0.444. The highest BCUT2D eigenvalue weighted by atomic mass is 79.9. The zero-order valence-corrected chi connectivity index (χ0v) is 23.4. The molecule has 0 spiro atoms. The van der Waals surface area contributed by atoms with Gasteiger partial charge in [0.2, 0.25) is 5.91 Å². The molecule has 36 heavy (non-hydrogen) atoms. The summed E-state index contributed by atoms with van der Waals surface area (Å²) in [6, 6.07) is 14.6. The van der Waals surface area contributed by atoms with E-state index in [1.54, 1.807) is 4.90 Å². The number of likely N-dealkylation sites (N-methyl/N-ethyl adjacent to an activating group) is 1. The lowest BCUT2D eigenvalue weighted by Gasteiger charge is -2.34. The number of halogens is 1. The van der Waals surface area contributed by atoms with Crippen LogP contribution in [0.3, 0.4) is 0 Å². The molecule has 2 saturated heterocycles. The van der Waals surface area contributed by atoms with Crippen LogP contribution in [0.25, 0.3) is 0 Å². The third-order valence-electron chi connectivity index (χ3n) is 6.90. The second-order valence-electron chi connectivity index (χ2n) is 9.39. The average molecular weight is 573 g/mol. The van der Waals surface area contributed by atoms with Gasteiger partial charge in [-0.05, 0) is 75.1 Å². The minimum absolute atomic E-state index is 0.0482. The highest BCUT2D eigenvalue weighted by molar-refractivity contribution is 9.10. The first-order valence-electron chi connectivity index (χ1n) is 12.6. The lowest BCUT2D eigenvalue weighted by Crippen LogP contribution is -2.47. The van der Waals surface area contributed by atoms with Gasteiger partial charge in [-0.25, -0.2) is 0 Å². The Kier molecular flexibility index (Phi) is 9.11. The van der Waals surface area contributed by atoms with Gasteiger partial charge in [0.1, 0.15) is 6.04 Å². The molecule has 2 aromatic rings. The van der Waals surface area contributed by atoms with Crippen LogP contribution in [-0.2, 0) is 9.59 Å². The first-order valence-corrected chi connectivity index (χ1v) is 13.8. The van der Waals surface area contributed by atoms with Crippen molar-refractivity contribution in [3.05, 3.63) is 58.6 Å². The van der Waals surface area contributed by atoms with Gasteiger partial charge in [0.25, 0.3) is 5.91 Å². The maximum atomic E-state index is 13.6. The van der Waals surface area contributed by atoms with E-state index in [1.165, 1.54) is 0 Å². The Balaban J connectivity index is 1.44. The molecule has 4 rings (SSSR count). The van der Waals surface area contributed by atoms with Crippen LogP contribution in [-0.4, -0.2) is 83.5 Å². The van der Waals surface area contributed by atoms with Crippen molar-refractivity contribution in [1.29, 1.82) is 0 Å². The monoisotopic (exact) mass is 571 g/mol. The lowest BCUT2D eigenvalue weighted by molar-refractivity contribution is -0.124. The molecule has 9 heteroatoms. The van der Waals surface area contributed by atoms with E-state index < -0.39 is 6.04 Å². The lowest BCUT2D eigenvalue weighted by atomic mass is 10.1. The quantitative estimate of drug-likeness (QED) is 0.457. The van der Waals surface area contributed by atoms with Gasteiger partial charge in [0, 0.05) is 42.9 Å². The van der Waals surface area contributed by atoms with E-state index in [0.29, 0.717) is 17.3 Å². The Hall–Kier alpha value is -2.33. The Bertz CT molecular complexity index is 1070. The number of carbonyl (C=O) groups is 2. The summed E-state index contributed by atoms with van der Waals surface area (Å²) >= 11 is 9.21. The van der Waals surface area contributed by atoms with Crippen LogP contribution in [0.15, 0.2) is 53.0 Å². The molecule has 2 aromatic carbocycles. The standard InChI is InChI=1S/C27H34BrN5O2S/c1-3-30-15-17-31(18-16-30)13-4-14-32-24(19-25(34)29-22-9-7-21(28)8-10-22)26(35)33(27(32)36)23-11-5-20(2)6-12-23/h5-12,24H,3-4,13-19H2,1-2H3,(H,29,34)/t24-/m0/s1. The van der Waals surface area contributed by atoms with Crippen LogP contribution in [0.2, 0.25) is 0 Å². The van der Waals surface area contributed by atoms with Crippen LogP contribution in [0.4, 0.5) is 11.4 Å². The highest BCUT2D eigenvalue weighted by Crippen LogP contribution is 2.28. The maximum absolute atomic E-state index is 13.6. The molecule has 0 aliphatic carbocycles. The summed E-state index contributed by atoms with van der Waals surface area (Å²) in [5.74, 6) is -0.351. The van der Waals surface area contributed by atoms with Gasteiger partial charge in [-0.3, -0.25) is 14.5 Å². The molecule has 2 fully saturated rings. The molecule has 1 atom stereocenters. The largest absolute Gasteiger partial charge is 0.336 e. The molecule has 0 unspecified atom stereocenters. The normalized spacial score (nSPS) is 19.2. The van der Waals surface area contributed by atoms with Gasteiger partial charge in [-0.1, -0.05) is 40.5 Å². The van der Waals surface area contributed by atoms with Crippen molar-refractivity contribution in [2.75, 3.05) is 56.0 Å². The summed E-state index contributed by atoms with van der Waals surface area (Å²) in [5, 5.41) is 3.39. The third kappa shape index (κ3) is 6.51. The van der Waals surface area contributed by atoms with Gasteiger partial charge >= 0.3 is 0 Å². The summed E-state index contributed by atoms with van der Waals surface area (Å²) in [7, 11) is 0. The zero-order chi connectivity index (χ0) is 25.7. The zero-order valence-electron chi connectivity index (χ0n) is 21.0. The van der Waals surface area contributed by atoms with Crippen LogP contribution in [0.5, 0.6) is 0 Å². The van der Waals surface area contributed by atoms with Crippen molar-refractivity contribution < 1.29 is 9.59 Å². The number of amides is 2. The molecule has 1 N–H and O–H groups in total. The van der Waals surface area contributed by atoms with Crippen molar-refractivity contribution in [3.8, 4) is 0 Å². The summed E-state index contributed by atoms with van der Waals surface area (Å²) < 4.78 is 0.938. The predicted octanol–water partition coefficient (Wildman–Crippen LogP) is 4.12. The van der Waals surface area contributed by atoms with E-state index in [1.807, 2.05) is 60.4 Å². The summed E-state index contributed by atoms with van der Waals surface area (Å²) in [6.45, 7) is 11.2. The molecule has 0 aromatic heterocycles. The smallest absolute Gasteiger partial charge is 0.256 e. The van der Waals surface area contributed by atoms with Crippen molar-refractivity contribution >= 4 is 56.4 Å². The van der Waals surface area contributed by atoms with Crippen LogP contribution in [0.1, 0.15) is 25.3 Å². The molecule has 0 bridgehead atoms. The number of nitrogens with zero attached hydrogens (tertiary/aromatic N) is 4. The van der Waals surface area contributed by atoms with Crippen molar-refractivity contribution in [2.24, 2.45) is 0 Å². The third-order valence-corrected chi connectivity index (χ3v) is 7.85. The summed E-state index contributed by atoms with van der Waals surface area (Å²) in [4.78, 5) is 35.0. The van der Waals surface area contributed by atoms with E-state index in [0.717, 1.165) is 61.4 Å². The van der Waals surface area contributed by atoms with Gasteiger partial charge in [0.15, 0.2) is 5.11 Å². The number of hydrogen-bond donors (Lipinski definition) is 1. The number of hydrogen-bond acceptors (Lipinski definition) is 5. The van der Waals surface area contributed by atoms with E-state index in [4.69, 9.17) is 12.2 Å². The topological polar surface area (TPSA) is 59.1 Å². The number of nitrogens with one attached hydrogen (secondary N) is 1. The average Bonchev–Trinajstić information content (AvgIpc) is 3.10. The molecular formula is C27H34BrN5O2S. The number of thiocarbonyl (C=S) groups is 1. The first kappa shape index (κ1) is 26.7. The minimum atomic E-state index is -0.619. The van der Waals surface area contributed by atoms with Crippen LogP contribution < -0.4 is 10.2 Å². The number of piperazine rings is 1. The molecule has 0 saturated carbocycles. The van der Waals surface area contributed by atoms with Gasteiger partial charge in [-0.2, -0.15) is 0 Å². The van der Waals surface area contributed by atoms with Crippen molar-refractivity contribution in [1.82, 2.24) is 14.7 Å². The van der Waals surface area contributed by atoms with E-state index >= 15 is 0 Å². The second kappa shape index (κ2) is 12.3. The van der Waals surface area contributed by atoms with Crippen LogP contribution >= 0.6 is 28.1 Å². The summed E-state index contributed by atoms with van der Waals surface area (Å²) in [6.07, 6.45) is 0.929. The Morgan fingerprint density at radius 1 is 1.00 bits per heavy atom. The van der Waals surface area contributed by atoms with Gasteiger partial charge < -0.3 is 20.0 Å². The van der Waals surface area contributed by atoms with Crippen molar-refractivity contribution in [2.45, 2.75) is 32.7 Å². The molecule has 2 aliphatic heterocycles. The van der Waals surface area contributed by atoms with E-state index in [9.17, 15) is 9.59 Å². The number of benzene rings is 2. The van der Waals surface area contributed by atoms with Gasteiger partial charge in [0.05, 0.1) is 12.1 Å². The van der Waals surface area contributed by atoms with E-state index in [2.05, 4.69) is 38.0 Å². The number of anilines is 2. The Morgan fingerprint density at radius 3 is 2.28 bits per heavy atom. The maximum Gasteiger partial charge on any atom is 0.256 e. The first-order chi connectivity index (χ1) is 17.4. The molecule has 0 radical (unpaired) electrons. The van der Waals surface area contributed by atoms with E-state index in [-0.39, 0.29) is 18.2 Å². The Morgan fingerprint density at radius 2 is 1.64 bits per heavy atom. The number of rotatable bonds is 9. The molecule has 2 amide bonds. The summed E-state index contributed by atoms with van der Waals surface area (Å²) in [5.41, 5.74) is 2.55. The predicted molar refractivity (Wildman–Crippen MR) is 152 cm³/mol. The number of carbonyl (C=O) groups excluding carboxylic acids is 2. The minimum Gasteiger partial charge on any atom is -0.336 e. The van der Waals surface area contributed by atoms with Crippen molar-refractivity contribution in [3.63, 3.8) is 0 Å². The number of aryl methyl sites for hydroxylation is 1.